The quantitative estimate of drug-likeness (QED) is 0.870. The molecule has 0 unspecified atom stereocenters. The summed E-state index contributed by atoms with van der Waals surface area (Å²) in [5.74, 6) is -0.699. The molecule has 2 bridgehead atoms. The number of methoxy groups -OCH3 is 2. The Kier molecular flexibility index (Phi) is 4.15. The Morgan fingerprint density at radius 3 is 2.43 bits per heavy atom. The summed E-state index contributed by atoms with van der Waals surface area (Å²) in [4.78, 5) is 24.2. The predicted octanol–water partition coefficient (Wildman–Crippen LogP) is 2.39. The third kappa shape index (κ3) is 2.73. The molecule has 0 aromatic heterocycles. The summed E-state index contributed by atoms with van der Waals surface area (Å²) in [5, 5.41) is 12.3. The van der Waals surface area contributed by atoms with Crippen molar-refractivity contribution in [2.75, 3.05) is 19.5 Å². The minimum Gasteiger partial charge on any atom is -0.497 e. The van der Waals surface area contributed by atoms with Crippen molar-refractivity contribution in [2.45, 2.75) is 19.3 Å². The zero-order valence-corrected chi connectivity index (χ0v) is 13.2. The number of carboxylic acids is 1. The van der Waals surface area contributed by atoms with E-state index in [-0.39, 0.29) is 17.7 Å². The number of hydrogen-bond donors (Lipinski definition) is 2. The Hall–Kier alpha value is -2.24. The van der Waals surface area contributed by atoms with Gasteiger partial charge in [-0.1, -0.05) is 0 Å². The fourth-order valence-corrected chi connectivity index (χ4v) is 4.14. The van der Waals surface area contributed by atoms with Crippen molar-refractivity contribution in [1.82, 2.24) is 0 Å². The van der Waals surface area contributed by atoms with Gasteiger partial charge in [0.15, 0.2) is 0 Å². The summed E-state index contributed by atoms with van der Waals surface area (Å²) in [7, 11) is 3.07. The minimum absolute atomic E-state index is 0.131. The van der Waals surface area contributed by atoms with Gasteiger partial charge in [-0.25, -0.2) is 0 Å². The molecule has 2 aliphatic rings. The van der Waals surface area contributed by atoms with Crippen LogP contribution in [0.4, 0.5) is 5.69 Å². The molecule has 1 aromatic carbocycles. The maximum atomic E-state index is 12.7. The van der Waals surface area contributed by atoms with Crippen molar-refractivity contribution in [1.29, 1.82) is 0 Å². The molecule has 6 nitrogen and oxygen atoms in total. The topological polar surface area (TPSA) is 84.9 Å². The SMILES string of the molecule is COc1ccc(NC(=O)[C@@H]2[C@H]3CC[C@@H](C3)[C@H]2C(=O)O)c(OC)c1. The number of fused-ring (bicyclic) bond motifs is 2. The van der Waals surface area contributed by atoms with Crippen LogP contribution in [0.3, 0.4) is 0 Å². The third-order valence-corrected chi connectivity index (χ3v) is 5.17. The van der Waals surface area contributed by atoms with Gasteiger partial charge < -0.3 is 19.9 Å². The first-order chi connectivity index (χ1) is 11.0. The highest BCUT2D eigenvalue weighted by atomic mass is 16.5. The molecular weight excluding hydrogens is 298 g/mol. The van der Waals surface area contributed by atoms with E-state index in [0.717, 1.165) is 19.3 Å². The molecule has 1 aromatic rings. The molecule has 6 heteroatoms. The fourth-order valence-electron chi connectivity index (χ4n) is 4.14. The Morgan fingerprint density at radius 2 is 1.83 bits per heavy atom. The van der Waals surface area contributed by atoms with Crippen LogP contribution in [0.15, 0.2) is 18.2 Å². The number of ether oxygens (including phenoxy) is 2. The lowest BCUT2D eigenvalue weighted by atomic mass is 9.78. The van der Waals surface area contributed by atoms with Gasteiger partial charge in [0.05, 0.1) is 31.7 Å². The molecule has 0 spiro atoms. The minimum atomic E-state index is -0.862. The highest BCUT2D eigenvalue weighted by Gasteiger charge is 2.54. The number of benzene rings is 1. The first-order valence-electron chi connectivity index (χ1n) is 7.80. The molecule has 0 heterocycles. The summed E-state index contributed by atoms with van der Waals surface area (Å²) in [6.07, 6.45) is 2.69. The van der Waals surface area contributed by atoms with Crippen molar-refractivity contribution in [2.24, 2.45) is 23.7 Å². The lowest BCUT2D eigenvalue weighted by Crippen LogP contribution is -2.37. The number of carbonyl (C=O) groups excluding carboxylic acids is 1. The van der Waals surface area contributed by atoms with Gasteiger partial charge in [-0.15, -0.1) is 0 Å². The molecule has 2 N–H and O–H groups in total. The largest absolute Gasteiger partial charge is 0.497 e. The van der Waals surface area contributed by atoms with Crippen LogP contribution >= 0.6 is 0 Å². The Balaban J connectivity index is 1.80. The maximum Gasteiger partial charge on any atom is 0.307 e. The molecular formula is C17H21NO5. The number of amides is 1. The van der Waals surface area contributed by atoms with E-state index < -0.39 is 17.8 Å². The van der Waals surface area contributed by atoms with E-state index in [4.69, 9.17) is 9.47 Å². The molecule has 2 aliphatic carbocycles. The number of carboxylic acid groups (broad SMARTS) is 1. The van der Waals surface area contributed by atoms with Gasteiger partial charge >= 0.3 is 5.97 Å². The van der Waals surface area contributed by atoms with E-state index >= 15 is 0 Å². The first-order valence-corrected chi connectivity index (χ1v) is 7.80. The van der Waals surface area contributed by atoms with Gasteiger partial charge in [-0.05, 0) is 43.2 Å². The number of hydrogen-bond acceptors (Lipinski definition) is 4. The number of rotatable bonds is 5. The predicted molar refractivity (Wildman–Crippen MR) is 83.6 cm³/mol. The molecule has 1 amide bonds. The maximum absolute atomic E-state index is 12.7. The van der Waals surface area contributed by atoms with Crippen LogP contribution < -0.4 is 14.8 Å². The highest BCUT2D eigenvalue weighted by molar-refractivity contribution is 5.97. The standard InChI is InChI=1S/C17H21NO5/c1-22-11-5-6-12(13(8-11)23-2)18-16(19)14-9-3-4-10(7-9)15(14)17(20)21/h5-6,8-10,14-15H,3-4,7H2,1-2H3,(H,18,19)(H,20,21)/t9-,10-,14+,15+/m0/s1. The van der Waals surface area contributed by atoms with Gasteiger partial charge in [-0.3, -0.25) is 9.59 Å². The van der Waals surface area contributed by atoms with Crippen molar-refractivity contribution < 1.29 is 24.2 Å². The van der Waals surface area contributed by atoms with Crippen LogP contribution in [0.1, 0.15) is 19.3 Å². The molecule has 0 saturated heterocycles. The molecule has 23 heavy (non-hydrogen) atoms. The van der Waals surface area contributed by atoms with Gasteiger partial charge in [0.2, 0.25) is 5.91 Å². The smallest absolute Gasteiger partial charge is 0.307 e. The lowest BCUT2D eigenvalue weighted by Gasteiger charge is -2.27. The zero-order chi connectivity index (χ0) is 16.6. The van der Waals surface area contributed by atoms with E-state index in [2.05, 4.69) is 5.32 Å². The molecule has 124 valence electrons. The zero-order valence-electron chi connectivity index (χ0n) is 13.2. The average Bonchev–Trinajstić information content (AvgIpc) is 3.16. The molecule has 0 aliphatic heterocycles. The fraction of sp³-hybridized carbons (Fsp3) is 0.529. The van der Waals surface area contributed by atoms with E-state index in [1.54, 1.807) is 25.3 Å². The van der Waals surface area contributed by atoms with Gasteiger partial charge in [0.25, 0.3) is 0 Å². The van der Waals surface area contributed by atoms with E-state index in [1.807, 2.05) is 0 Å². The first kappa shape index (κ1) is 15.6. The molecule has 4 atom stereocenters. The van der Waals surface area contributed by atoms with E-state index in [1.165, 1.54) is 7.11 Å². The van der Waals surface area contributed by atoms with Gasteiger partial charge in [-0.2, -0.15) is 0 Å². The second kappa shape index (κ2) is 6.10. The Morgan fingerprint density at radius 1 is 1.13 bits per heavy atom. The molecule has 2 saturated carbocycles. The summed E-state index contributed by atoms with van der Waals surface area (Å²) in [5.41, 5.74) is 0.533. The van der Waals surface area contributed by atoms with Crippen molar-refractivity contribution in [3.63, 3.8) is 0 Å². The van der Waals surface area contributed by atoms with E-state index in [0.29, 0.717) is 17.2 Å². The summed E-state index contributed by atoms with van der Waals surface area (Å²) >= 11 is 0. The second-order valence-electron chi connectivity index (χ2n) is 6.28. The summed E-state index contributed by atoms with van der Waals surface area (Å²) in [6.45, 7) is 0. The van der Waals surface area contributed by atoms with E-state index in [9.17, 15) is 14.7 Å². The van der Waals surface area contributed by atoms with Crippen molar-refractivity contribution in [3.8, 4) is 11.5 Å². The van der Waals surface area contributed by atoms with Crippen LogP contribution in [-0.2, 0) is 9.59 Å². The van der Waals surface area contributed by atoms with Crippen molar-refractivity contribution in [3.05, 3.63) is 18.2 Å². The van der Waals surface area contributed by atoms with Crippen LogP contribution in [0, 0.1) is 23.7 Å². The summed E-state index contributed by atoms with van der Waals surface area (Å²) < 4.78 is 10.4. The van der Waals surface area contributed by atoms with Crippen LogP contribution in [-0.4, -0.2) is 31.2 Å². The van der Waals surface area contributed by atoms with Crippen molar-refractivity contribution >= 4 is 17.6 Å². The molecule has 3 rings (SSSR count). The number of anilines is 1. The number of aliphatic carboxylic acids is 1. The normalized spacial score (nSPS) is 28.4. The number of nitrogens with one attached hydrogen (secondary N) is 1. The van der Waals surface area contributed by atoms with Gasteiger partial charge in [0, 0.05) is 6.07 Å². The Labute approximate surface area is 134 Å². The second-order valence-corrected chi connectivity index (χ2v) is 6.28. The van der Waals surface area contributed by atoms with Gasteiger partial charge in [0.1, 0.15) is 11.5 Å². The van der Waals surface area contributed by atoms with Crippen LogP contribution in [0.25, 0.3) is 0 Å². The lowest BCUT2D eigenvalue weighted by molar-refractivity contribution is -0.148. The van der Waals surface area contributed by atoms with Crippen LogP contribution in [0.5, 0.6) is 11.5 Å². The third-order valence-electron chi connectivity index (χ3n) is 5.17. The monoisotopic (exact) mass is 319 g/mol. The summed E-state index contributed by atoms with van der Waals surface area (Å²) in [6, 6.07) is 5.12. The number of carbonyl (C=O) groups is 2. The molecule has 0 radical (unpaired) electrons. The molecule has 2 fully saturated rings. The average molecular weight is 319 g/mol. The Bertz CT molecular complexity index is 629. The highest BCUT2D eigenvalue weighted by Crippen LogP contribution is 2.52. The van der Waals surface area contributed by atoms with Crippen LogP contribution in [0.2, 0.25) is 0 Å².